The van der Waals surface area contributed by atoms with Gasteiger partial charge >= 0.3 is 5.97 Å². The van der Waals surface area contributed by atoms with Crippen LogP contribution in [0, 0.1) is 0 Å². The molecule has 33 heavy (non-hydrogen) atoms. The number of thiophene rings is 1. The summed E-state index contributed by atoms with van der Waals surface area (Å²) in [5, 5.41) is 19.8. The lowest BCUT2D eigenvalue weighted by Gasteiger charge is -2.26. The van der Waals surface area contributed by atoms with E-state index in [0.29, 0.717) is 22.5 Å². The number of carboxylic acid groups (broad SMARTS) is 1. The Balaban J connectivity index is 1.53. The number of hydrogen-bond donors (Lipinski definition) is 3. The molecule has 0 saturated carbocycles. The molecule has 1 aromatic heterocycles. The first-order valence-electron chi connectivity index (χ1n) is 11.1. The predicted octanol–water partition coefficient (Wildman–Crippen LogP) is 5.36. The van der Waals surface area contributed by atoms with Crippen molar-refractivity contribution in [1.29, 1.82) is 0 Å². The van der Waals surface area contributed by atoms with Crippen LogP contribution >= 0.6 is 11.3 Å². The molecule has 7 heteroatoms. The number of piperidine rings is 1. The Labute approximate surface area is 196 Å². The highest BCUT2D eigenvalue weighted by Crippen LogP contribution is 2.38. The molecule has 1 fully saturated rings. The van der Waals surface area contributed by atoms with Crippen LogP contribution in [0.15, 0.2) is 59.3 Å². The number of hydrogen-bond acceptors (Lipinski definition) is 5. The van der Waals surface area contributed by atoms with Crippen LogP contribution in [0.25, 0.3) is 11.3 Å². The molecule has 0 aliphatic carbocycles. The molecule has 5 rings (SSSR count). The fourth-order valence-corrected chi connectivity index (χ4v) is 5.15. The summed E-state index contributed by atoms with van der Waals surface area (Å²) in [5.74, 6) is -1.27. The zero-order chi connectivity index (χ0) is 22.8. The van der Waals surface area contributed by atoms with Crippen LogP contribution in [-0.2, 0) is 11.3 Å². The van der Waals surface area contributed by atoms with E-state index in [4.69, 9.17) is 0 Å². The number of amides is 1. The monoisotopic (exact) mass is 459 g/mol. The molecular weight excluding hydrogens is 434 g/mol. The lowest BCUT2D eigenvalue weighted by Crippen LogP contribution is -2.29. The van der Waals surface area contributed by atoms with E-state index in [1.54, 1.807) is 23.5 Å². The van der Waals surface area contributed by atoms with Crippen LogP contribution in [0.2, 0.25) is 0 Å². The molecule has 3 N–H and O–H groups in total. The van der Waals surface area contributed by atoms with Crippen LogP contribution in [0.4, 0.5) is 11.4 Å². The smallest absolute Gasteiger partial charge is 0.335 e. The number of anilines is 2. The van der Waals surface area contributed by atoms with Crippen molar-refractivity contribution in [1.82, 2.24) is 4.90 Å². The molecule has 0 atom stereocenters. The summed E-state index contributed by atoms with van der Waals surface area (Å²) < 4.78 is 0. The van der Waals surface area contributed by atoms with Crippen molar-refractivity contribution in [3.05, 3.63) is 81.5 Å². The standard InChI is InChI=1S/C26H25N3O3S/c30-25-23(21-14-18(26(31)32)7-8-22(21)28-25)24(19-9-12-33-16-19)27-20-6-4-5-17(13-20)15-29-10-2-1-3-11-29/h4-9,12-14,16,27H,1-3,10-11,15H2,(H,28,30)(H,31,32)/b24-23-. The summed E-state index contributed by atoms with van der Waals surface area (Å²) in [5.41, 5.74) is 5.50. The molecule has 1 amide bonds. The van der Waals surface area contributed by atoms with Crippen molar-refractivity contribution in [2.45, 2.75) is 25.8 Å². The summed E-state index contributed by atoms with van der Waals surface area (Å²) >= 11 is 1.55. The first kappa shape index (κ1) is 21.4. The number of nitrogens with one attached hydrogen (secondary N) is 2. The lowest BCUT2D eigenvalue weighted by atomic mass is 9.99. The molecule has 0 unspecified atom stereocenters. The zero-order valence-electron chi connectivity index (χ0n) is 18.1. The Morgan fingerprint density at radius 3 is 2.67 bits per heavy atom. The minimum atomic E-state index is -1.02. The summed E-state index contributed by atoms with van der Waals surface area (Å²) in [4.78, 5) is 27.0. The van der Waals surface area contributed by atoms with Gasteiger partial charge in [0.25, 0.3) is 5.91 Å². The van der Waals surface area contributed by atoms with Crippen LogP contribution in [-0.4, -0.2) is 35.0 Å². The van der Waals surface area contributed by atoms with Crippen molar-refractivity contribution in [2.75, 3.05) is 23.7 Å². The van der Waals surface area contributed by atoms with Crippen molar-refractivity contribution in [2.24, 2.45) is 0 Å². The molecular formula is C26H25N3O3S. The maximum atomic E-state index is 13.0. The summed E-state index contributed by atoms with van der Waals surface area (Å²) in [6, 6.07) is 15.0. The first-order valence-corrected chi connectivity index (χ1v) is 12.1. The van der Waals surface area contributed by atoms with Gasteiger partial charge in [-0.25, -0.2) is 4.79 Å². The first-order chi connectivity index (χ1) is 16.1. The number of aromatic carboxylic acids is 1. The van der Waals surface area contributed by atoms with Gasteiger partial charge in [0.15, 0.2) is 0 Å². The summed E-state index contributed by atoms with van der Waals surface area (Å²) in [6.45, 7) is 3.17. The van der Waals surface area contributed by atoms with Gasteiger partial charge in [-0.05, 0) is 73.3 Å². The van der Waals surface area contributed by atoms with E-state index in [2.05, 4.69) is 27.7 Å². The Morgan fingerprint density at radius 2 is 1.91 bits per heavy atom. The predicted molar refractivity (Wildman–Crippen MR) is 132 cm³/mol. The van der Waals surface area contributed by atoms with Gasteiger partial charge in [0.2, 0.25) is 0 Å². The van der Waals surface area contributed by atoms with Gasteiger partial charge in [-0.1, -0.05) is 18.6 Å². The van der Waals surface area contributed by atoms with Gasteiger partial charge in [0, 0.05) is 34.4 Å². The number of likely N-dealkylation sites (tertiary alicyclic amines) is 1. The lowest BCUT2D eigenvalue weighted by molar-refractivity contribution is -0.110. The van der Waals surface area contributed by atoms with Crippen LogP contribution in [0.1, 0.15) is 46.3 Å². The molecule has 2 aliphatic rings. The van der Waals surface area contributed by atoms with E-state index >= 15 is 0 Å². The molecule has 6 nitrogen and oxygen atoms in total. The quantitative estimate of drug-likeness (QED) is 0.432. The average Bonchev–Trinajstić information content (AvgIpc) is 3.46. The fraction of sp³-hybridized carbons (Fsp3) is 0.231. The van der Waals surface area contributed by atoms with Crippen LogP contribution < -0.4 is 10.6 Å². The maximum absolute atomic E-state index is 13.0. The van der Waals surface area contributed by atoms with Gasteiger partial charge in [0.1, 0.15) is 0 Å². The second-order valence-electron chi connectivity index (χ2n) is 8.44. The topological polar surface area (TPSA) is 81.7 Å². The van der Waals surface area contributed by atoms with Crippen molar-refractivity contribution in [3.63, 3.8) is 0 Å². The molecule has 1 saturated heterocycles. The summed E-state index contributed by atoms with van der Waals surface area (Å²) in [7, 11) is 0. The number of benzene rings is 2. The van der Waals surface area contributed by atoms with Gasteiger partial charge in [-0.2, -0.15) is 11.3 Å². The largest absolute Gasteiger partial charge is 0.478 e. The van der Waals surface area contributed by atoms with E-state index in [-0.39, 0.29) is 11.5 Å². The molecule has 0 spiro atoms. The third kappa shape index (κ3) is 4.55. The van der Waals surface area contributed by atoms with Gasteiger partial charge in [-0.15, -0.1) is 0 Å². The highest BCUT2D eigenvalue weighted by molar-refractivity contribution is 7.08. The SMILES string of the molecule is O=C1Nc2ccc(C(=O)O)cc2/C1=C(/Nc1cccc(CN2CCCCC2)c1)c1ccsc1. The van der Waals surface area contributed by atoms with Gasteiger partial charge < -0.3 is 15.7 Å². The number of carbonyl (C=O) groups excluding carboxylic acids is 1. The van der Waals surface area contributed by atoms with Gasteiger partial charge in [-0.3, -0.25) is 9.69 Å². The van der Waals surface area contributed by atoms with E-state index in [1.807, 2.05) is 29.0 Å². The molecule has 2 aromatic carbocycles. The van der Waals surface area contributed by atoms with Crippen LogP contribution in [0.3, 0.4) is 0 Å². The number of nitrogens with zero attached hydrogens (tertiary/aromatic N) is 1. The van der Waals surface area contributed by atoms with Gasteiger partial charge in [0.05, 0.1) is 16.8 Å². The molecule has 2 aliphatic heterocycles. The van der Waals surface area contributed by atoms with Crippen molar-refractivity contribution in [3.8, 4) is 0 Å². The zero-order valence-corrected chi connectivity index (χ0v) is 19.0. The minimum Gasteiger partial charge on any atom is -0.478 e. The number of fused-ring (bicyclic) bond motifs is 1. The van der Waals surface area contributed by atoms with E-state index in [1.165, 1.54) is 30.9 Å². The second kappa shape index (κ2) is 9.21. The third-order valence-corrected chi connectivity index (χ3v) is 6.81. The molecule has 0 radical (unpaired) electrons. The van der Waals surface area contributed by atoms with Crippen molar-refractivity contribution < 1.29 is 14.7 Å². The highest BCUT2D eigenvalue weighted by atomic mass is 32.1. The van der Waals surface area contributed by atoms with Crippen molar-refractivity contribution >= 4 is 45.9 Å². The average molecular weight is 460 g/mol. The van der Waals surface area contributed by atoms with E-state index in [0.717, 1.165) is 30.9 Å². The Morgan fingerprint density at radius 1 is 1.06 bits per heavy atom. The van der Waals surface area contributed by atoms with E-state index < -0.39 is 5.97 Å². The number of rotatable bonds is 6. The maximum Gasteiger partial charge on any atom is 0.335 e. The van der Waals surface area contributed by atoms with E-state index in [9.17, 15) is 14.7 Å². The van der Waals surface area contributed by atoms with Crippen LogP contribution in [0.5, 0.6) is 0 Å². The molecule has 3 aromatic rings. The normalized spacial score (nSPS) is 17.4. The fourth-order valence-electron chi connectivity index (χ4n) is 4.50. The minimum absolute atomic E-state index is 0.149. The Bertz CT molecular complexity index is 1230. The molecule has 168 valence electrons. The molecule has 3 heterocycles. The number of carbonyl (C=O) groups is 2. The summed E-state index contributed by atoms with van der Waals surface area (Å²) in [6.07, 6.45) is 3.81. The number of carboxylic acids is 1. The molecule has 0 bridgehead atoms. The highest BCUT2D eigenvalue weighted by Gasteiger charge is 2.29. The Kier molecular flexibility index (Phi) is 5.98. The Hall–Kier alpha value is -3.42. The second-order valence-corrected chi connectivity index (χ2v) is 9.22. The third-order valence-electron chi connectivity index (χ3n) is 6.12.